The van der Waals surface area contributed by atoms with E-state index in [-0.39, 0.29) is 0 Å². The standard InChI is InChI=1S/C21H32N2O2/c1-16(2)18-6-8-20(9-7-18)23-12-10-22(11-13-23)15-17-4-3-5-19(14-17)21(24)25/h3-5,14,16,18,20H,6-13,15H2,1-2H3,(H,24,25). The highest BCUT2D eigenvalue weighted by Crippen LogP contribution is 2.32. The molecule has 1 aliphatic heterocycles. The fourth-order valence-corrected chi connectivity index (χ4v) is 4.48. The third kappa shape index (κ3) is 4.83. The summed E-state index contributed by atoms with van der Waals surface area (Å²) in [5.41, 5.74) is 1.49. The van der Waals surface area contributed by atoms with Crippen molar-refractivity contribution in [3.8, 4) is 0 Å². The average Bonchev–Trinajstić information content (AvgIpc) is 2.63. The molecule has 25 heavy (non-hydrogen) atoms. The molecule has 0 amide bonds. The van der Waals surface area contributed by atoms with Crippen LogP contribution in [-0.4, -0.2) is 53.1 Å². The van der Waals surface area contributed by atoms with Gasteiger partial charge in [-0.25, -0.2) is 4.79 Å². The Morgan fingerprint density at radius 2 is 1.80 bits per heavy atom. The Labute approximate surface area is 151 Å². The van der Waals surface area contributed by atoms with Gasteiger partial charge in [-0.15, -0.1) is 0 Å². The molecular weight excluding hydrogens is 312 g/mol. The molecule has 1 aromatic rings. The molecule has 0 bridgehead atoms. The van der Waals surface area contributed by atoms with Crippen molar-refractivity contribution in [1.82, 2.24) is 9.80 Å². The first-order chi connectivity index (χ1) is 12.0. The Morgan fingerprint density at radius 1 is 1.12 bits per heavy atom. The molecule has 4 nitrogen and oxygen atoms in total. The number of hydrogen-bond donors (Lipinski definition) is 1. The zero-order valence-corrected chi connectivity index (χ0v) is 15.7. The molecule has 1 N–H and O–H groups in total. The molecule has 1 aromatic carbocycles. The summed E-state index contributed by atoms with van der Waals surface area (Å²) in [6.07, 6.45) is 5.52. The lowest BCUT2D eigenvalue weighted by Crippen LogP contribution is -2.50. The van der Waals surface area contributed by atoms with Crippen molar-refractivity contribution < 1.29 is 9.90 Å². The molecule has 0 spiro atoms. The summed E-state index contributed by atoms with van der Waals surface area (Å²) in [6, 6.07) is 8.14. The summed E-state index contributed by atoms with van der Waals surface area (Å²) < 4.78 is 0. The molecule has 1 saturated carbocycles. The quantitative estimate of drug-likeness (QED) is 0.884. The molecule has 1 heterocycles. The molecule has 1 aliphatic carbocycles. The predicted octanol–water partition coefficient (Wildman–Crippen LogP) is 3.72. The van der Waals surface area contributed by atoms with Crippen LogP contribution in [0.5, 0.6) is 0 Å². The van der Waals surface area contributed by atoms with Crippen LogP contribution in [-0.2, 0) is 6.54 Å². The lowest BCUT2D eigenvalue weighted by atomic mass is 9.79. The number of carbonyl (C=O) groups is 1. The molecule has 1 saturated heterocycles. The highest BCUT2D eigenvalue weighted by atomic mass is 16.4. The van der Waals surface area contributed by atoms with E-state index in [1.807, 2.05) is 18.2 Å². The Hall–Kier alpha value is -1.39. The van der Waals surface area contributed by atoms with E-state index in [4.69, 9.17) is 5.11 Å². The third-order valence-electron chi connectivity index (χ3n) is 6.19. The van der Waals surface area contributed by atoms with Crippen LogP contribution >= 0.6 is 0 Å². The highest BCUT2D eigenvalue weighted by molar-refractivity contribution is 5.87. The summed E-state index contributed by atoms with van der Waals surface area (Å²) >= 11 is 0. The maximum Gasteiger partial charge on any atom is 0.335 e. The monoisotopic (exact) mass is 344 g/mol. The molecule has 0 radical (unpaired) electrons. The Bertz CT molecular complexity index is 571. The van der Waals surface area contributed by atoms with E-state index >= 15 is 0 Å². The number of benzene rings is 1. The minimum Gasteiger partial charge on any atom is -0.478 e. The topological polar surface area (TPSA) is 43.8 Å². The number of carboxylic acids is 1. The molecule has 0 unspecified atom stereocenters. The van der Waals surface area contributed by atoms with Gasteiger partial charge in [-0.2, -0.15) is 0 Å². The minimum absolute atomic E-state index is 0.387. The first-order valence-corrected chi connectivity index (χ1v) is 9.81. The molecule has 2 aliphatic rings. The summed E-state index contributed by atoms with van der Waals surface area (Å²) in [5.74, 6) is 0.919. The number of hydrogen-bond acceptors (Lipinski definition) is 3. The Balaban J connectivity index is 1.46. The zero-order chi connectivity index (χ0) is 17.8. The van der Waals surface area contributed by atoms with E-state index in [0.29, 0.717) is 5.56 Å². The van der Waals surface area contributed by atoms with Gasteiger partial charge in [0.1, 0.15) is 0 Å². The van der Waals surface area contributed by atoms with Crippen molar-refractivity contribution in [2.24, 2.45) is 11.8 Å². The molecule has 3 rings (SSSR count). The van der Waals surface area contributed by atoms with Gasteiger partial charge in [-0.05, 0) is 55.2 Å². The molecule has 4 heteroatoms. The van der Waals surface area contributed by atoms with Crippen molar-refractivity contribution >= 4 is 5.97 Å². The second-order valence-corrected chi connectivity index (χ2v) is 8.13. The van der Waals surface area contributed by atoms with Gasteiger partial charge in [0.25, 0.3) is 0 Å². The summed E-state index contributed by atoms with van der Waals surface area (Å²) in [4.78, 5) is 16.3. The van der Waals surface area contributed by atoms with Gasteiger partial charge in [0.15, 0.2) is 0 Å². The van der Waals surface area contributed by atoms with Gasteiger partial charge < -0.3 is 5.11 Å². The highest BCUT2D eigenvalue weighted by Gasteiger charge is 2.29. The fraction of sp³-hybridized carbons (Fsp3) is 0.667. The van der Waals surface area contributed by atoms with Crippen molar-refractivity contribution in [3.05, 3.63) is 35.4 Å². The van der Waals surface area contributed by atoms with E-state index in [0.717, 1.165) is 56.2 Å². The number of aromatic carboxylic acids is 1. The van der Waals surface area contributed by atoms with Crippen LogP contribution in [0.1, 0.15) is 55.5 Å². The van der Waals surface area contributed by atoms with E-state index in [2.05, 4.69) is 23.6 Å². The third-order valence-corrected chi connectivity index (χ3v) is 6.19. The van der Waals surface area contributed by atoms with E-state index in [1.165, 1.54) is 25.7 Å². The minimum atomic E-state index is -0.844. The average molecular weight is 344 g/mol. The number of nitrogens with zero attached hydrogens (tertiary/aromatic N) is 2. The molecule has 2 fully saturated rings. The first kappa shape index (κ1) is 18.4. The van der Waals surface area contributed by atoms with Crippen LogP contribution in [0.2, 0.25) is 0 Å². The smallest absolute Gasteiger partial charge is 0.335 e. The van der Waals surface area contributed by atoms with Gasteiger partial charge in [0.05, 0.1) is 5.56 Å². The van der Waals surface area contributed by atoms with Crippen LogP contribution in [0.25, 0.3) is 0 Å². The van der Waals surface area contributed by atoms with E-state index < -0.39 is 5.97 Å². The molecule has 0 atom stereocenters. The van der Waals surface area contributed by atoms with Crippen LogP contribution < -0.4 is 0 Å². The van der Waals surface area contributed by atoms with Gasteiger partial charge in [-0.3, -0.25) is 9.80 Å². The SMILES string of the molecule is CC(C)C1CCC(N2CCN(Cc3cccc(C(=O)O)c3)CC2)CC1. The number of carboxylic acid groups (broad SMARTS) is 1. The Kier molecular flexibility index (Phi) is 6.13. The summed E-state index contributed by atoms with van der Waals surface area (Å²) in [7, 11) is 0. The van der Waals surface area contributed by atoms with Gasteiger partial charge in [0, 0.05) is 38.8 Å². The van der Waals surface area contributed by atoms with Gasteiger partial charge >= 0.3 is 5.97 Å². The second-order valence-electron chi connectivity index (χ2n) is 8.13. The molecule has 0 aromatic heterocycles. The molecule has 138 valence electrons. The summed E-state index contributed by atoms with van der Waals surface area (Å²) in [6.45, 7) is 10.1. The van der Waals surface area contributed by atoms with Crippen molar-refractivity contribution in [1.29, 1.82) is 0 Å². The van der Waals surface area contributed by atoms with Crippen LogP contribution in [0.15, 0.2) is 24.3 Å². The zero-order valence-electron chi connectivity index (χ0n) is 15.7. The van der Waals surface area contributed by atoms with Crippen LogP contribution in [0.3, 0.4) is 0 Å². The first-order valence-electron chi connectivity index (χ1n) is 9.81. The van der Waals surface area contributed by atoms with E-state index in [9.17, 15) is 4.79 Å². The number of rotatable bonds is 5. The van der Waals surface area contributed by atoms with E-state index in [1.54, 1.807) is 6.07 Å². The molecular formula is C21H32N2O2. The van der Waals surface area contributed by atoms with Crippen LogP contribution in [0, 0.1) is 11.8 Å². The normalized spacial score (nSPS) is 26.0. The van der Waals surface area contributed by atoms with Crippen molar-refractivity contribution in [2.75, 3.05) is 26.2 Å². The van der Waals surface area contributed by atoms with Gasteiger partial charge in [0.2, 0.25) is 0 Å². The fourth-order valence-electron chi connectivity index (χ4n) is 4.48. The maximum absolute atomic E-state index is 11.1. The lowest BCUT2D eigenvalue weighted by molar-refractivity contribution is 0.0625. The second kappa shape index (κ2) is 8.33. The van der Waals surface area contributed by atoms with Crippen molar-refractivity contribution in [3.63, 3.8) is 0 Å². The Morgan fingerprint density at radius 3 is 2.40 bits per heavy atom. The maximum atomic E-state index is 11.1. The largest absolute Gasteiger partial charge is 0.478 e. The summed E-state index contributed by atoms with van der Waals surface area (Å²) in [5, 5.41) is 9.13. The lowest BCUT2D eigenvalue weighted by Gasteiger charge is -2.42. The predicted molar refractivity (Wildman–Crippen MR) is 101 cm³/mol. The van der Waals surface area contributed by atoms with Crippen LogP contribution in [0.4, 0.5) is 0 Å². The van der Waals surface area contributed by atoms with Crippen molar-refractivity contribution in [2.45, 2.75) is 52.1 Å². The number of piperazine rings is 1. The van der Waals surface area contributed by atoms with Gasteiger partial charge in [-0.1, -0.05) is 26.0 Å².